The molecule has 3 atom stereocenters. The van der Waals surface area contributed by atoms with E-state index in [0.717, 1.165) is 12.3 Å². The van der Waals surface area contributed by atoms with E-state index in [4.69, 9.17) is 9.47 Å². The summed E-state index contributed by atoms with van der Waals surface area (Å²) in [6.07, 6.45) is 4.61. The van der Waals surface area contributed by atoms with E-state index in [-0.39, 0.29) is 18.1 Å². The lowest BCUT2D eigenvalue weighted by molar-refractivity contribution is -0.142. The van der Waals surface area contributed by atoms with Gasteiger partial charge < -0.3 is 14.8 Å². The summed E-state index contributed by atoms with van der Waals surface area (Å²) in [6, 6.07) is 0. The van der Waals surface area contributed by atoms with E-state index >= 15 is 0 Å². The third kappa shape index (κ3) is 3.23. The van der Waals surface area contributed by atoms with Crippen LogP contribution in [0.15, 0.2) is 0 Å². The van der Waals surface area contributed by atoms with Gasteiger partial charge in [0, 0.05) is 19.1 Å². The van der Waals surface area contributed by atoms with Crippen LogP contribution in [-0.2, 0) is 14.3 Å². The van der Waals surface area contributed by atoms with Crippen LogP contribution >= 0.6 is 0 Å². The number of carbonyl (C=O) groups excluding carboxylic acids is 1. The van der Waals surface area contributed by atoms with Crippen LogP contribution < -0.4 is 5.32 Å². The summed E-state index contributed by atoms with van der Waals surface area (Å²) in [5.41, 5.74) is 0. The molecule has 104 valence electrons. The number of nitrogens with one attached hydrogen (secondary N) is 1. The molecule has 4 nitrogen and oxygen atoms in total. The molecule has 2 fully saturated rings. The summed E-state index contributed by atoms with van der Waals surface area (Å²) < 4.78 is 10.8. The largest absolute Gasteiger partial charge is 0.351 e. The van der Waals surface area contributed by atoms with Crippen molar-refractivity contribution in [1.29, 1.82) is 0 Å². The van der Waals surface area contributed by atoms with E-state index < -0.39 is 0 Å². The van der Waals surface area contributed by atoms with Crippen LogP contribution in [0.25, 0.3) is 0 Å². The minimum absolute atomic E-state index is 0.201. The maximum absolute atomic E-state index is 12.1. The number of amides is 1. The molecule has 1 amide bonds. The van der Waals surface area contributed by atoms with Gasteiger partial charge in [-0.1, -0.05) is 6.42 Å². The Morgan fingerprint density at radius 1 is 1.22 bits per heavy atom. The Labute approximate surface area is 109 Å². The van der Waals surface area contributed by atoms with Crippen molar-refractivity contribution in [3.63, 3.8) is 0 Å². The molecular weight excluding hydrogens is 230 g/mol. The monoisotopic (exact) mass is 255 g/mol. The number of hydrogen-bond donors (Lipinski definition) is 1. The molecule has 4 heteroatoms. The van der Waals surface area contributed by atoms with E-state index in [1.54, 1.807) is 0 Å². The zero-order chi connectivity index (χ0) is 13.0. The van der Waals surface area contributed by atoms with Crippen LogP contribution in [0.2, 0.25) is 0 Å². The molecule has 0 heterocycles. The van der Waals surface area contributed by atoms with Crippen molar-refractivity contribution in [2.75, 3.05) is 19.8 Å². The van der Waals surface area contributed by atoms with Gasteiger partial charge in [0.2, 0.25) is 5.91 Å². The predicted molar refractivity (Wildman–Crippen MR) is 69.0 cm³/mol. The lowest BCUT2D eigenvalue weighted by Gasteiger charge is -2.23. The van der Waals surface area contributed by atoms with Gasteiger partial charge in [-0.2, -0.15) is 0 Å². The van der Waals surface area contributed by atoms with Crippen molar-refractivity contribution in [3.05, 3.63) is 0 Å². The van der Waals surface area contributed by atoms with Crippen molar-refractivity contribution in [3.8, 4) is 0 Å². The molecule has 2 aliphatic carbocycles. The Kier molecular flexibility index (Phi) is 5.01. The van der Waals surface area contributed by atoms with Gasteiger partial charge in [-0.25, -0.2) is 0 Å². The number of hydrogen-bond acceptors (Lipinski definition) is 3. The topological polar surface area (TPSA) is 47.6 Å². The molecule has 2 bridgehead atoms. The van der Waals surface area contributed by atoms with E-state index in [1.165, 1.54) is 19.3 Å². The number of carbonyl (C=O) groups is 1. The Hall–Kier alpha value is -0.610. The van der Waals surface area contributed by atoms with Gasteiger partial charge >= 0.3 is 0 Å². The molecule has 0 radical (unpaired) electrons. The first-order chi connectivity index (χ1) is 8.74. The molecule has 0 aliphatic heterocycles. The first kappa shape index (κ1) is 13.8. The fourth-order valence-electron chi connectivity index (χ4n) is 3.42. The molecule has 1 N–H and O–H groups in total. The van der Waals surface area contributed by atoms with Gasteiger partial charge in [-0.15, -0.1) is 0 Å². The fourth-order valence-corrected chi connectivity index (χ4v) is 3.42. The van der Waals surface area contributed by atoms with Crippen LogP contribution in [0.4, 0.5) is 0 Å². The zero-order valence-corrected chi connectivity index (χ0v) is 11.5. The average Bonchev–Trinajstić information content (AvgIpc) is 2.98. The van der Waals surface area contributed by atoms with Crippen molar-refractivity contribution in [2.45, 2.75) is 45.8 Å². The first-order valence-corrected chi connectivity index (χ1v) is 7.25. The summed E-state index contributed by atoms with van der Waals surface area (Å²) in [5, 5.41) is 2.99. The summed E-state index contributed by atoms with van der Waals surface area (Å²) >= 11 is 0. The smallest absolute Gasteiger partial charge is 0.223 e. The van der Waals surface area contributed by atoms with Gasteiger partial charge in [0.05, 0.1) is 6.54 Å². The van der Waals surface area contributed by atoms with Crippen molar-refractivity contribution >= 4 is 5.91 Å². The Morgan fingerprint density at radius 3 is 2.44 bits per heavy atom. The molecule has 2 saturated carbocycles. The summed E-state index contributed by atoms with van der Waals surface area (Å²) in [7, 11) is 0. The van der Waals surface area contributed by atoms with Crippen LogP contribution in [0.5, 0.6) is 0 Å². The minimum Gasteiger partial charge on any atom is -0.351 e. The van der Waals surface area contributed by atoms with E-state index in [2.05, 4.69) is 5.32 Å². The molecule has 2 aliphatic rings. The standard InChI is InChI=1S/C14H25NO3/c1-3-17-13(18-4-2)9-15-14(16)12-8-10-5-6-11(12)7-10/h10-13H,3-9H2,1-2H3,(H,15,16). The summed E-state index contributed by atoms with van der Waals surface area (Å²) in [5.74, 6) is 1.88. The van der Waals surface area contributed by atoms with Gasteiger partial charge in [-0.3, -0.25) is 4.79 Å². The van der Waals surface area contributed by atoms with Crippen LogP contribution in [0.1, 0.15) is 39.5 Å². The van der Waals surface area contributed by atoms with Gasteiger partial charge in [0.1, 0.15) is 0 Å². The minimum atomic E-state index is -0.303. The normalized spacial score (nSPS) is 30.1. The third-order valence-corrected chi connectivity index (χ3v) is 4.22. The first-order valence-electron chi connectivity index (χ1n) is 7.25. The highest BCUT2D eigenvalue weighted by Crippen LogP contribution is 2.48. The molecule has 18 heavy (non-hydrogen) atoms. The highest BCUT2D eigenvalue weighted by atomic mass is 16.7. The number of rotatable bonds is 7. The van der Waals surface area contributed by atoms with Crippen LogP contribution in [0, 0.1) is 17.8 Å². The zero-order valence-electron chi connectivity index (χ0n) is 11.5. The van der Waals surface area contributed by atoms with E-state index in [1.807, 2.05) is 13.8 Å². The van der Waals surface area contributed by atoms with Crippen molar-refractivity contribution < 1.29 is 14.3 Å². The SMILES string of the molecule is CCOC(CNC(=O)C1CC2CCC1C2)OCC. The molecule has 0 aromatic rings. The van der Waals surface area contributed by atoms with E-state index in [9.17, 15) is 4.79 Å². The van der Waals surface area contributed by atoms with Gasteiger partial charge in [0.15, 0.2) is 6.29 Å². The predicted octanol–water partition coefficient (Wildman–Crippen LogP) is 1.94. The maximum Gasteiger partial charge on any atom is 0.223 e. The average molecular weight is 255 g/mol. The second kappa shape index (κ2) is 6.53. The Bertz CT molecular complexity index is 276. The fraction of sp³-hybridized carbons (Fsp3) is 0.929. The third-order valence-electron chi connectivity index (χ3n) is 4.22. The molecule has 0 spiro atoms. The van der Waals surface area contributed by atoms with E-state index in [0.29, 0.717) is 25.7 Å². The maximum atomic E-state index is 12.1. The van der Waals surface area contributed by atoms with Gasteiger partial charge in [-0.05, 0) is 44.9 Å². The lowest BCUT2D eigenvalue weighted by atomic mass is 9.88. The molecule has 0 aromatic carbocycles. The number of ether oxygens (including phenoxy) is 2. The van der Waals surface area contributed by atoms with Gasteiger partial charge in [0.25, 0.3) is 0 Å². The van der Waals surface area contributed by atoms with Crippen LogP contribution in [0.3, 0.4) is 0 Å². The molecule has 3 unspecified atom stereocenters. The van der Waals surface area contributed by atoms with Crippen molar-refractivity contribution in [1.82, 2.24) is 5.32 Å². The second-order valence-electron chi connectivity index (χ2n) is 5.37. The molecule has 2 rings (SSSR count). The quantitative estimate of drug-likeness (QED) is 0.707. The molecular formula is C14H25NO3. The molecule has 0 saturated heterocycles. The summed E-state index contributed by atoms with van der Waals surface area (Å²) in [4.78, 5) is 12.1. The highest BCUT2D eigenvalue weighted by Gasteiger charge is 2.42. The summed E-state index contributed by atoms with van der Waals surface area (Å²) in [6.45, 7) is 5.55. The number of fused-ring (bicyclic) bond motifs is 2. The van der Waals surface area contributed by atoms with Crippen molar-refractivity contribution in [2.24, 2.45) is 17.8 Å². The molecule has 0 aromatic heterocycles. The lowest BCUT2D eigenvalue weighted by Crippen LogP contribution is -2.40. The Balaban J connectivity index is 1.73. The second-order valence-corrected chi connectivity index (χ2v) is 5.37. The van der Waals surface area contributed by atoms with Crippen LogP contribution in [-0.4, -0.2) is 32.0 Å². The Morgan fingerprint density at radius 2 is 1.94 bits per heavy atom. The highest BCUT2D eigenvalue weighted by molar-refractivity contribution is 5.79.